The van der Waals surface area contributed by atoms with Crippen LogP contribution >= 0.6 is 0 Å². The summed E-state index contributed by atoms with van der Waals surface area (Å²) in [5.41, 5.74) is 0.733. The van der Waals surface area contributed by atoms with Gasteiger partial charge in [-0.2, -0.15) is 0 Å². The van der Waals surface area contributed by atoms with Gasteiger partial charge in [-0.1, -0.05) is 12.1 Å². The Balaban J connectivity index is 2.65. The van der Waals surface area contributed by atoms with E-state index in [0.717, 1.165) is 5.56 Å². The number of halogens is 1. The van der Waals surface area contributed by atoms with E-state index in [1.807, 2.05) is 0 Å². The first kappa shape index (κ1) is 12.6. The molecule has 0 radical (unpaired) electrons. The summed E-state index contributed by atoms with van der Waals surface area (Å²) in [4.78, 5) is 11.5. The van der Waals surface area contributed by atoms with Crippen LogP contribution in [0.4, 0.5) is 4.39 Å². The van der Waals surface area contributed by atoms with E-state index in [1.54, 1.807) is 26.0 Å². The van der Waals surface area contributed by atoms with Crippen molar-refractivity contribution in [1.29, 1.82) is 0 Å². The Kier molecular flexibility index (Phi) is 4.43. The number of carbonyl (C=O) groups is 1. The van der Waals surface area contributed by atoms with Gasteiger partial charge in [0.2, 0.25) is 5.91 Å². The predicted molar refractivity (Wildman–Crippen MR) is 59.4 cm³/mol. The smallest absolute Gasteiger partial charge is 0.249 e. The van der Waals surface area contributed by atoms with Crippen LogP contribution in [0, 0.1) is 5.82 Å². The fourth-order valence-corrected chi connectivity index (χ4v) is 1.30. The van der Waals surface area contributed by atoms with Gasteiger partial charge in [0, 0.05) is 7.11 Å². The van der Waals surface area contributed by atoms with Crippen LogP contribution in [-0.2, 0) is 9.53 Å². The lowest BCUT2D eigenvalue weighted by Gasteiger charge is -2.17. The Morgan fingerprint density at radius 3 is 2.69 bits per heavy atom. The Morgan fingerprint density at radius 2 is 2.12 bits per heavy atom. The van der Waals surface area contributed by atoms with E-state index in [1.165, 1.54) is 19.2 Å². The molecule has 1 rings (SSSR count). The molecule has 0 saturated carbocycles. The number of nitrogens with one attached hydrogen (secondary N) is 1. The minimum Gasteiger partial charge on any atom is -0.372 e. The molecule has 1 amide bonds. The topological polar surface area (TPSA) is 38.3 Å². The maximum atomic E-state index is 13.0. The predicted octanol–water partition coefficient (Wildman–Crippen LogP) is 2.04. The third kappa shape index (κ3) is 3.31. The molecule has 1 N–H and O–H groups in total. The van der Waals surface area contributed by atoms with Crippen LogP contribution < -0.4 is 5.32 Å². The van der Waals surface area contributed by atoms with Gasteiger partial charge in [0.25, 0.3) is 0 Å². The second-order valence-electron chi connectivity index (χ2n) is 3.66. The van der Waals surface area contributed by atoms with Crippen LogP contribution in [0.15, 0.2) is 24.3 Å². The number of methoxy groups -OCH3 is 1. The zero-order chi connectivity index (χ0) is 12.1. The minimum atomic E-state index is -0.504. The standard InChI is InChI=1S/C12H16FNO2/c1-8(14-12(15)9(2)16-3)10-5-4-6-11(13)7-10/h4-9H,1-3H3,(H,14,15)/t8-,9?/m0/s1. The third-order valence-corrected chi connectivity index (χ3v) is 2.43. The number of benzene rings is 1. The molecule has 1 aromatic carbocycles. The zero-order valence-electron chi connectivity index (χ0n) is 9.66. The summed E-state index contributed by atoms with van der Waals surface area (Å²) in [6.45, 7) is 3.46. The quantitative estimate of drug-likeness (QED) is 0.851. The number of ether oxygens (including phenoxy) is 1. The summed E-state index contributed by atoms with van der Waals surface area (Å²) in [6, 6.07) is 5.93. The van der Waals surface area contributed by atoms with Crippen molar-refractivity contribution in [1.82, 2.24) is 5.32 Å². The van der Waals surface area contributed by atoms with E-state index in [4.69, 9.17) is 4.74 Å². The van der Waals surface area contributed by atoms with Gasteiger partial charge < -0.3 is 10.1 Å². The van der Waals surface area contributed by atoms with Crippen LogP contribution in [0.3, 0.4) is 0 Å². The van der Waals surface area contributed by atoms with Gasteiger partial charge in [-0.15, -0.1) is 0 Å². The Bertz CT molecular complexity index is 368. The largest absolute Gasteiger partial charge is 0.372 e. The second-order valence-corrected chi connectivity index (χ2v) is 3.66. The van der Waals surface area contributed by atoms with Gasteiger partial charge in [0.05, 0.1) is 6.04 Å². The molecule has 3 nitrogen and oxygen atoms in total. The molecule has 0 aliphatic heterocycles. The van der Waals surface area contributed by atoms with Gasteiger partial charge in [-0.3, -0.25) is 4.79 Å². The number of rotatable bonds is 4. The SMILES string of the molecule is COC(C)C(=O)N[C@@H](C)c1cccc(F)c1. The molecule has 1 aromatic rings. The lowest BCUT2D eigenvalue weighted by Crippen LogP contribution is -2.35. The van der Waals surface area contributed by atoms with Crippen LogP contribution in [-0.4, -0.2) is 19.1 Å². The molecule has 1 unspecified atom stereocenters. The molecule has 16 heavy (non-hydrogen) atoms. The number of hydrogen-bond donors (Lipinski definition) is 1. The van der Waals surface area contributed by atoms with E-state index in [9.17, 15) is 9.18 Å². The van der Waals surface area contributed by atoms with Crippen molar-refractivity contribution in [3.63, 3.8) is 0 Å². The van der Waals surface area contributed by atoms with E-state index in [-0.39, 0.29) is 17.8 Å². The van der Waals surface area contributed by atoms with Crippen LogP contribution in [0.5, 0.6) is 0 Å². The van der Waals surface area contributed by atoms with Crippen LogP contribution in [0.25, 0.3) is 0 Å². The average molecular weight is 225 g/mol. The van der Waals surface area contributed by atoms with E-state index in [2.05, 4.69) is 5.32 Å². The molecule has 0 bridgehead atoms. The molecule has 0 aliphatic rings. The number of amides is 1. The summed E-state index contributed by atoms with van der Waals surface area (Å²) in [6.07, 6.45) is -0.504. The Morgan fingerprint density at radius 1 is 1.44 bits per heavy atom. The van der Waals surface area contributed by atoms with Crippen molar-refractivity contribution in [3.8, 4) is 0 Å². The lowest BCUT2D eigenvalue weighted by molar-refractivity contribution is -0.130. The third-order valence-electron chi connectivity index (χ3n) is 2.43. The molecule has 88 valence electrons. The molecule has 0 heterocycles. The summed E-state index contributed by atoms with van der Waals surface area (Å²) < 4.78 is 17.8. The highest BCUT2D eigenvalue weighted by atomic mass is 19.1. The van der Waals surface area contributed by atoms with Crippen molar-refractivity contribution in [2.45, 2.75) is 26.0 Å². The molecule has 0 fully saturated rings. The minimum absolute atomic E-state index is 0.209. The van der Waals surface area contributed by atoms with Gasteiger partial charge in [-0.05, 0) is 31.5 Å². The lowest BCUT2D eigenvalue weighted by atomic mass is 10.1. The molecule has 4 heteroatoms. The van der Waals surface area contributed by atoms with E-state index >= 15 is 0 Å². The maximum absolute atomic E-state index is 13.0. The molecular formula is C12H16FNO2. The first-order valence-electron chi connectivity index (χ1n) is 5.13. The highest BCUT2D eigenvalue weighted by Gasteiger charge is 2.15. The zero-order valence-corrected chi connectivity index (χ0v) is 9.66. The summed E-state index contributed by atoms with van der Waals surface area (Å²) in [5, 5.41) is 2.74. The van der Waals surface area contributed by atoms with Gasteiger partial charge in [-0.25, -0.2) is 4.39 Å². The Hall–Kier alpha value is -1.42. The summed E-state index contributed by atoms with van der Waals surface area (Å²) in [7, 11) is 1.47. The fourth-order valence-electron chi connectivity index (χ4n) is 1.30. The first-order chi connectivity index (χ1) is 7.54. The van der Waals surface area contributed by atoms with Crippen molar-refractivity contribution < 1.29 is 13.9 Å². The summed E-state index contributed by atoms with van der Waals surface area (Å²) in [5.74, 6) is -0.516. The molecular weight excluding hydrogens is 209 g/mol. The normalized spacial score (nSPS) is 14.2. The summed E-state index contributed by atoms with van der Waals surface area (Å²) >= 11 is 0. The highest BCUT2D eigenvalue weighted by Crippen LogP contribution is 2.13. The van der Waals surface area contributed by atoms with Crippen molar-refractivity contribution in [2.24, 2.45) is 0 Å². The highest BCUT2D eigenvalue weighted by molar-refractivity contribution is 5.80. The monoisotopic (exact) mass is 225 g/mol. The van der Waals surface area contributed by atoms with Gasteiger partial charge >= 0.3 is 0 Å². The van der Waals surface area contributed by atoms with E-state index in [0.29, 0.717) is 0 Å². The first-order valence-corrected chi connectivity index (χ1v) is 5.13. The van der Waals surface area contributed by atoms with E-state index < -0.39 is 6.10 Å². The molecule has 2 atom stereocenters. The molecule has 0 aromatic heterocycles. The molecule has 0 saturated heterocycles. The van der Waals surface area contributed by atoms with Gasteiger partial charge in [0.1, 0.15) is 11.9 Å². The van der Waals surface area contributed by atoms with Gasteiger partial charge in [0.15, 0.2) is 0 Å². The van der Waals surface area contributed by atoms with Crippen LogP contribution in [0.2, 0.25) is 0 Å². The Labute approximate surface area is 94.6 Å². The fraction of sp³-hybridized carbons (Fsp3) is 0.417. The maximum Gasteiger partial charge on any atom is 0.249 e. The molecule has 0 aliphatic carbocycles. The van der Waals surface area contributed by atoms with Crippen molar-refractivity contribution in [2.75, 3.05) is 7.11 Å². The molecule has 0 spiro atoms. The van der Waals surface area contributed by atoms with Crippen molar-refractivity contribution in [3.05, 3.63) is 35.6 Å². The van der Waals surface area contributed by atoms with Crippen LogP contribution in [0.1, 0.15) is 25.5 Å². The average Bonchev–Trinajstić information content (AvgIpc) is 2.27. The second kappa shape index (κ2) is 5.61. The van der Waals surface area contributed by atoms with Crippen molar-refractivity contribution >= 4 is 5.91 Å². The number of hydrogen-bond acceptors (Lipinski definition) is 2. The number of carbonyl (C=O) groups excluding carboxylic acids is 1.